The second-order valence-corrected chi connectivity index (χ2v) is 5.96. The Morgan fingerprint density at radius 1 is 1.30 bits per heavy atom. The fourth-order valence-electron chi connectivity index (χ4n) is 1.96. The SMILES string of the molecule is CNc1nc(C(C)C)nc(NC(C)(C)CC(N)=O)c1C. The Bertz CT molecular complexity index is 497. The lowest BCUT2D eigenvalue weighted by Gasteiger charge is -2.27. The summed E-state index contributed by atoms with van der Waals surface area (Å²) in [6.45, 7) is 9.88. The van der Waals surface area contributed by atoms with E-state index in [2.05, 4.69) is 20.6 Å². The molecule has 1 heterocycles. The Hall–Kier alpha value is -1.85. The minimum Gasteiger partial charge on any atom is -0.373 e. The minimum atomic E-state index is -0.454. The summed E-state index contributed by atoms with van der Waals surface area (Å²) in [7, 11) is 1.83. The van der Waals surface area contributed by atoms with E-state index in [1.807, 2.05) is 41.7 Å². The van der Waals surface area contributed by atoms with Crippen LogP contribution in [0.2, 0.25) is 0 Å². The number of hydrogen-bond acceptors (Lipinski definition) is 5. The van der Waals surface area contributed by atoms with Crippen molar-refractivity contribution in [1.29, 1.82) is 0 Å². The maximum Gasteiger partial charge on any atom is 0.219 e. The number of anilines is 2. The topological polar surface area (TPSA) is 92.9 Å². The number of nitrogens with zero attached hydrogens (tertiary/aromatic N) is 2. The first-order valence-corrected chi connectivity index (χ1v) is 6.79. The first-order valence-electron chi connectivity index (χ1n) is 6.79. The van der Waals surface area contributed by atoms with E-state index in [9.17, 15) is 4.79 Å². The molecule has 0 fully saturated rings. The normalized spacial score (nSPS) is 11.6. The second-order valence-electron chi connectivity index (χ2n) is 5.96. The Balaban J connectivity index is 3.16. The van der Waals surface area contributed by atoms with Gasteiger partial charge in [0.1, 0.15) is 17.5 Å². The highest BCUT2D eigenvalue weighted by Gasteiger charge is 2.23. The van der Waals surface area contributed by atoms with Crippen molar-refractivity contribution in [1.82, 2.24) is 9.97 Å². The summed E-state index contributed by atoms with van der Waals surface area (Å²) in [4.78, 5) is 20.2. The van der Waals surface area contributed by atoms with Crippen molar-refractivity contribution in [3.63, 3.8) is 0 Å². The maximum atomic E-state index is 11.1. The van der Waals surface area contributed by atoms with Crippen molar-refractivity contribution in [3.05, 3.63) is 11.4 Å². The Kier molecular flexibility index (Phi) is 4.92. The molecule has 0 aliphatic rings. The van der Waals surface area contributed by atoms with Crippen LogP contribution in [0.15, 0.2) is 0 Å². The molecule has 6 nitrogen and oxygen atoms in total. The van der Waals surface area contributed by atoms with Crippen molar-refractivity contribution in [2.24, 2.45) is 5.73 Å². The van der Waals surface area contributed by atoms with Crippen LogP contribution in [0, 0.1) is 6.92 Å². The molecule has 1 rings (SSSR count). The van der Waals surface area contributed by atoms with Crippen LogP contribution in [0.25, 0.3) is 0 Å². The van der Waals surface area contributed by atoms with Gasteiger partial charge in [-0.3, -0.25) is 4.79 Å². The average Bonchev–Trinajstić information content (AvgIpc) is 2.29. The van der Waals surface area contributed by atoms with Crippen LogP contribution in [0.4, 0.5) is 11.6 Å². The average molecular weight is 279 g/mol. The van der Waals surface area contributed by atoms with Crippen molar-refractivity contribution >= 4 is 17.5 Å². The highest BCUT2D eigenvalue weighted by atomic mass is 16.1. The molecule has 0 bridgehead atoms. The summed E-state index contributed by atoms with van der Waals surface area (Å²) in [6.07, 6.45) is 0.238. The summed E-state index contributed by atoms with van der Waals surface area (Å²) in [6, 6.07) is 0. The van der Waals surface area contributed by atoms with Gasteiger partial charge < -0.3 is 16.4 Å². The van der Waals surface area contributed by atoms with Crippen LogP contribution in [0.5, 0.6) is 0 Å². The van der Waals surface area contributed by atoms with Crippen LogP contribution >= 0.6 is 0 Å². The molecule has 0 radical (unpaired) electrons. The zero-order valence-electron chi connectivity index (χ0n) is 13.2. The van der Waals surface area contributed by atoms with Gasteiger partial charge in [0.05, 0.1) is 0 Å². The largest absolute Gasteiger partial charge is 0.373 e. The number of carbonyl (C=O) groups is 1. The Morgan fingerprint density at radius 2 is 1.85 bits per heavy atom. The number of nitrogens with two attached hydrogens (primary N) is 1. The fourth-order valence-corrected chi connectivity index (χ4v) is 1.96. The molecule has 4 N–H and O–H groups in total. The van der Waals surface area contributed by atoms with Gasteiger partial charge in [0.2, 0.25) is 5.91 Å². The molecule has 6 heteroatoms. The number of amides is 1. The monoisotopic (exact) mass is 279 g/mol. The van der Waals surface area contributed by atoms with Crippen molar-refractivity contribution in [3.8, 4) is 0 Å². The van der Waals surface area contributed by atoms with Crippen molar-refractivity contribution in [2.75, 3.05) is 17.7 Å². The molecule has 20 heavy (non-hydrogen) atoms. The molecule has 0 aromatic carbocycles. The van der Waals surface area contributed by atoms with Gasteiger partial charge in [-0.15, -0.1) is 0 Å². The van der Waals surface area contributed by atoms with E-state index in [0.29, 0.717) is 0 Å². The molecule has 1 amide bonds. The van der Waals surface area contributed by atoms with Gasteiger partial charge in [0.15, 0.2) is 0 Å². The third kappa shape index (κ3) is 4.08. The lowest BCUT2D eigenvalue weighted by atomic mass is 10.00. The first kappa shape index (κ1) is 16.2. The molecule has 0 aliphatic heterocycles. The van der Waals surface area contributed by atoms with E-state index in [1.54, 1.807) is 0 Å². The molecule has 1 aromatic heterocycles. The predicted octanol–water partition coefficient (Wildman–Crippen LogP) is 2.02. The summed E-state index contributed by atoms with van der Waals surface area (Å²) in [5, 5.41) is 6.37. The molecule has 0 saturated heterocycles. The summed E-state index contributed by atoms with van der Waals surface area (Å²) >= 11 is 0. The third-order valence-corrected chi connectivity index (χ3v) is 2.99. The third-order valence-electron chi connectivity index (χ3n) is 2.99. The van der Waals surface area contributed by atoms with E-state index in [-0.39, 0.29) is 18.2 Å². The number of carbonyl (C=O) groups excluding carboxylic acids is 1. The van der Waals surface area contributed by atoms with E-state index < -0.39 is 5.54 Å². The van der Waals surface area contributed by atoms with Gasteiger partial charge in [-0.05, 0) is 20.8 Å². The van der Waals surface area contributed by atoms with Crippen LogP contribution in [0.3, 0.4) is 0 Å². The molecule has 0 saturated carbocycles. The Morgan fingerprint density at radius 3 is 2.30 bits per heavy atom. The Labute approximate surface area is 120 Å². The zero-order chi connectivity index (χ0) is 15.5. The van der Waals surface area contributed by atoms with Gasteiger partial charge in [-0.1, -0.05) is 13.8 Å². The molecule has 1 aromatic rings. The van der Waals surface area contributed by atoms with E-state index >= 15 is 0 Å². The highest BCUT2D eigenvalue weighted by Crippen LogP contribution is 2.26. The summed E-state index contributed by atoms with van der Waals surface area (Å²) < 4.78 is 0. The van der Waals surface area contributed by atoms with Gasteiger partial charge in [0, 0.05) is 30.5 Å². The summed E-state index contributed by atoms with van der Waals surface area (Å²) in [5.74, 6) is 2.17. The van der Waals surface area contributed by atoms with Crippen LogP contribution in [-0.4, -0.2) is 28.5 Å². The molecule has 112 valence electrons. The quantitative estimate of drug-likeness (QED) is 0.740. The standard InChI is InChI=1S/C14H25N5O/c1-8(2)11-17-12(16-6)9(3)13(18-11)19-14(4,5)7-10(15)20/h8H,7H2,1-6H3,(H2,15,20)(H2,16,17,18,19). The van der Waals surface area contributed by atoms with Crippen molar-refractivity contribution < 1.29 is 4.79 Å². The van der Waals surface area contributed by atoms with E-state index in [4.69, 9.17) is 5.73 Å². The molecular weight excluding hydrogens is 254 g/mol. The highest BCUT2D eigenvalue weighted by molar-refractivity contribution is 5.75. The smallest absolute Gasteiger partial charge is 0.219 e. The van der Waals surface area contributed by atoms with Gasteiger partial charge >= 0.3 is 0 Å². The van der Waals surface area contributed by atoms with Crippen LogP contribution in [0.1, 0.15) is 51.4 Å². The van der Waals surface area contributed by atoms with Gasteiger partial charge in [-0.2, -0.15) is 0 Å². The first-order chi connectivity index (χ1) is 9.16. The fraction of sp³-hybridized carbons (Fsp3) is 0.643. The van der Waals surface area contributed by atoms with Crippen LogP contribution in [-0.2, 0) is 4.79 Å². The second kappa shape index (κ2) is 6.07. The number of rotatable bonds is 6. The lowest BCUT2D eigenvalue weighted by molar-refractivity contribution is -0.118. The number of nitrogens with one attached hydrogen (secondary N) is 2. The molecule has 0 spiro atoms. The van der Waals surface area contributed by atoms with E-state index in [0.717, 1.165) is 23.0 Å². The zero-order valence-corrected chi connectivity index (χ0v) is 13.2. The van der Waals surface area contributed by atoms with E-state index in [1.165, 1.54) is 0 Å². The minimum absolute atomic E-state index is 0.225. The number of hydrogen-bond donors (Lipinski definition) is 3. The number of primary amides is 1. The molecular formula is C14H25N5O. The molecule has 0 atom stereocenters. The predicted molar refractivity (Wildman–Crippen MR) is 81.9 cm³/mol. The maximum absolute atomic E-state index is 11.1. The van der Waals surface area contributed by atoms with Gasteiger partial charge in [0.25, 0.3) is 0 Å². The molecule has 0 aliphatic carbocycles. The van der Waals surface area contributed by atoms with Crippen molar-refractivity contribution in [2.45, 2.75) is 52.5 Å². The van der Waals surface area contributed by atoms with Gasteiger partial charge in [-0.25, -0.2) is 9.97 Å². The van der Waals surface area contributed by atoms with Crippen LogP contribution < -0.4 is 16.4 Å². The number of aromatic nitrogens is 2. The lowest BCUT2D eigenvalue weighted by Crippen LogP contribution is -2.36. The molecule has 0 unspecified atom stereocenters. The summed E-state index contributed by atoms with van der Waals surface area (Å²) in [5.41, 5.74) is 5.75.